The number of nitrogens with one attached hydrogen (secondary N) is 2. The summed E-state index contributed by atoms with van der Waals surface area (Å²) in [5.74, 6) is -0.234. The van der Waals surface area contributed by atoms with Gasteiger partial charge in [-0.2, -0.15) is 5.10 Å². The minimum Gasteiger partial charge on any atom is -0.356 e. The van der Waals surface area contributed by atoms with E-state index in [9.17, 15) is 9.59 Å². The number of aryl methyl sites for hydroxylation is 2. The molecule has 0 bridgehead atoms. The van der Waals surface area contributed by atoms with Crippen molar-refractivity contribution in [3.05, 3.63) is 52.8 Å². The van der Waals surface area contributed by atoms with Gasteiger partial charge in [0.25, 0.3) is 5.91 Å². The van der Waals surface area contributed by atoms with Crippen LogP contribution in [0.15, 0.2) is 30.3 Å². The molecule has 25 heavy (non-hydrogen) atoms. The Hall–Kier alpha value is -2.63. The highest BCUT2D eigenvalue weighted by atomic mass is 16.2. The first-order valence-electron chi connectivity index (χ1n) is 8.50. The maximum absolute atomic E-state index is 12.1. The smallest absolute Gasteiger partial charge is 0.251 e. The molecule has 0 spiro atoms. The van der Waals surface area contributed by atoms with Gasteiger partial charge in [0, 0.05) is 37.3 Å². The molecule has 2 amide bonds. The maximum atomic E-state index is 12.1. The molecular formula is C19H26N4O2. The van der Waals surface area contributed by atoms with Crippen LogP contribution >= 0.6 is 0 Å². The van der Waals surface area contributed by atoms with Crippen LogP contribution < -0.4 is 10.6 Å². The van der Waals surface area contributed by atoms with Gasteiger partial charge in [-0.05, 0) is 44.9 Å². The van der Waals surface area contributed by atoms with E-state index in [0.29, 0.717) is 12.1 Å². The molecule has 0 saturated carbocycles. The highest BCUT2D eigenvalue weighted by molar-refractivity contribution is 5.94. The van der Waals surface area contributed by atoms with Crippen molar-refractivity contribution in [1.29, 1.82) is 0 Å². The minimum absolute atomic E-state index is 0.0694. The topological polar surface area (TPSA) is 76.0 Å². The largest absolute Gasteiger partial charge is 0.356 e. The molecule has 6 nitrogen and oxygen atoms in total. The number of carbonyl (C=O) groups excluding carboxylic acids is 2. The standard InChI is InChI=1S/C19H26N4O2/c1-13(21-19(25)16-8-6-5-7-9-16)12-18(24)20-11-10-17-14(2)22-23(4)15(17)3/h5-9,13H,10-12H2,1-4H3,(H,20,24)(H,21,25). The molecule has 1 aromatic carbocycles. The van der Waals surface area contributed by atoms with E-state index >= 15 is 0 Å². The molecule has 0 aliphatic carbocycles. The number of hydrogen-bond acceptors (Lipinski definition) is 3. The highest BCUT2D eigenvalue weighted by Gasteiger charge is 2.14. The van der Waals surface area contributed by atoms with Crippen molar-refractivity contribution in [2.24, 2.45) is 7.05 Å². The molecule has 134 valence electrons. The first-order chi connectivity index (χ1) is 11.9. The lowest BCUT2D eigenvalue weighted by Gasteiger charge is -2.14. The lowest BCUT2D eigenvalue weighted by molar-refractivity contribution is -0.121. The number of carbonyl (C=O) groups is 2. The predicted molar refractivity (Wildman–Crippen MR) is 97.4 cm³/mol. The Labute approximate surface area is 148 Å². The number of rotatable bonds is 7. The molecule has 0 fully saturated rings. The second-order valence-electron chi connectivity index (χ2n) is 6.32. The second-order valence-corrected chi connectivity index (χ2v) is 6.32. The lowest BCUT2D eigenvalue weighted by atomic mass is 10.1. The van der Waals surface area contributed by atoms with Gasteiger partial charge in [-0.15, -0.1) is 0 Å². The van der Waals surface area contributed by atoms with E-state index in [1.54, 1.807) is 12.1 Å². The summed E-state index contributed by atoms with van der Waals surface area (Å²) < 4.78 is 1.85. The molecule has 0 radical (unpaired) electrons. The van der Waals surface area contributed by atoms with Crippen LogP contribution in [0.4, 0.5) is 0 Å². The number of amides is 2. The van der Waals surface area contributed by atoms with Gasteiger partial charge >= 0.3 is 0 Å². The quantitative estimate of drug-likeness (QED) is 0.807. The van der Waals surface area contributed by atoms with Gasteiger partial charge < -0.3 is 10.6 Å². The molecule has 0 aliphatic rings. The van der Waals surface area contributed by atoms with Crippen molar-refractivity contribution >= 4 is 11.8 Å². The van der Waals surface area contributed by atoms with E-state index in [-0.39, 0.29) is 24.3 Å². The molecule has 1 heterocycles. The van der Waals surface area contributed by atoms with Crippen LogP contribution in [0, 0.1) is 13.8 Å². The summed E-state index contributed by atoms with van der Waals surface area (Å²) in [6.07, 6.45) is 1.01. The fraction of sp³-hybridized carbons (Fsp3) is 0.421. The van der Waals surface area contributed by atoms with Gasteiger partial charge in [-0.3, -0.25) is 14.3 Å². The summed E-state index contributed by atoms with van der Waals surface area (Å²) in [6, 6.07) is 8.76. The third-order valence-corrected chi connectivity index (χ3v) is 4.26. The van der Waals surface area contributed by atoms with E-state index in [0.717, 1.165) is 17.8 Å². The summed E-state index contributed by atoms with van der Waals surface area (Å²) in [6.45, 7) is 6.39. The lowest BCUT2D eigenvalue weighted by Crippen LogP contribution is -2.37. The number of nitrogens with zero attached hydrogens (tertiary/aromatic N) is 2. The minimum atomic E-state index is -0.227. The number of hydrogen-bond donors (Lipinski definition) is 2. The molecule has 1 aromatic heterocycles. The van der Waals surface area contributed by atoms with Gasteiger partial charge in [0.05, 0.1) is 5.69 Å². The van der Waals surface area contributed by atoms with Crippen molar-refractivity contribution < 1.29 is 9.59 Å². The summed E-state index contributed by atoms with van der Waals surface area (Å²) >= 11 is 0. The Morgan fingerprint density at radius 3 is 2.48 bits per heavy atom. The Morgan fingerprint density at radius 1 is 1.20 bits per heavy atom. The molecule has 0 aliphatic heterocycles. The van der Waals surface area contributed by atoms with E-state index in [4.69, 9.17) is 0 Å². The normalized spacial score (nSPS) is 11.8. The van der Waals surface area contributed by atoms with Crippen LogP contribution in [0.5, 0.6) is 0 Å². The van der Waals surface area contributed by atoms with Gasteiger partial charge in [0.15, 0.2) is 0 Å². The zero-order valence-electron chi connectivity index (χ0n) is 15.3. The molecular weight excluding hydrogens is 316 g/mol. The third-order valence-electron chi connectivity index (χ3n) is 4.26. The third kappa shape index (κ3) is 5.17. The maximum Gasteiger partial charge on any atom is 0.251 e. The fourth-order valence-electron chi connectivity index (χ4n) is 2.80. The Kier molecular flexibility index (Phi) is 6.33. The van der Waals surface area contributed by atoms with E-state index < -0.39 is 0 Å². The summed E-state index contributed by atoms with van der Waals surface area (Å²) in [5, 5.41) is 10.1. The molecule has 2 rings (SSSR count). The Bertz CT molecular complexity index is 737. The summed E-state index contributed by atoms with van der Waals surface area (Å²) in [7, 11) is 1.92. The van der Waals surface area contributed by atoms with Crippen LogP contribution in [0.3, 0.4) is 0 Å². The average Bonchev–Trinajstić information content (AvgIpc) is 2.81. The zero-order valence-corrected chi connectivity index (χ0v) is 15.3. The van der Waals surface area contributed by atoms with Gasteiger partial charge in [0.2, 0.25) is 5.91 Å². The molecule has 0 saturated heterocycles. The predicted octanol–water partition coefficient (Wildman–Crippen LogP) is 1.90. The van der Waals surface area contributed by atoms with Crippen LogP contribution in [-0.2, 0) is 18.3 Å². The van der Waals surface area contributed by atoms with Crippen molar-refractivity contribution in [2.45, 2.75) is 39.7 Å². The van der Waals surface area contributed by atoms with Gasteiger partial charge in [-0.1, -0.05) is 18.2 Å². The summed E-state index contributed by atoms with van der Waals surface area (Å²) in [4.78, 5) is 24.1. The molecule has 1 atom stereocenters. The molecule has 6 heteroatoms. The van der Waals surface area contributed by atoms with Crippen LogP contribution in [0.2, 0.25) is 0 Å². The highest BCUT2D eigenvalue weighted by Crippen LogP contribution is 2.11. The Morgan fingerprint density at radius 2 is 1.88 bits per heavy atom. The number of aromatic nitrogens is 2. The van der Waals surface area contributed by atoms with Gasteiger partial charge in [-0.25, -0.2) is 0 Å². The van der Waals surface area contributed by atoms with Crippen molar-refractivity contribution in [3.63, 3.8) is 0 Å². The van der Waals surface area contributed by atoms with Crippen LogP contribution in [-0.4, -0.2) is 34.2 Å². The fourth-order valence-corrected chi connectivity index (χ4v) is 2.80. The molecule has 2 aromatic rings. The van der Waals surface area contributed by atoms with Crippen LogP contribution in [0.25, 0.3) is 0 Å². The van der Waals surface area contributed by atoms with Crippen molar-refractivity contribution in [1.82, 2.24) is 20.4 Å². The Balaban J connectivity index is 1.75. The van der Waals surface area contributed by atoms with E-state index in [1.807, 2.05) is 50.7 Å². The first kappa shape index (κ1) is 18.7. The average molecular weight is 342 g/mol. The SMILES string of the molecule is Cc1nn(C)c(C)c1CCNC(=O)CC(C)NC(=O)c1ccccc1. The molecule has 1 unspecified atom stereocenters. The summed E-state index contributed by atoms with van der Waals surface area (Å²) in [5.41, 5.74) is 3.89. The van der Waals surface area contributed by atoms with E-state index in [1.165, 1.54) is 5.56 Å². The van der Waals surface area contributed by atoms with E-state index in [2.05, 4.69) is 15.7 Å². The zero-order chi connectivity index (χ0) is 18.4. The van der Waals surface area contributed by atoms with Crippen molar-refractivity contribution in [3.8, 4) is 0 Å². The molecule has 2 N–H and O–H groups in total. The second kappa shape index (κ2) is 8.46. The van der Waals surface area contributed by atoms with Crippen LogP contribution in [0.1, 0.15) is 40.7 Å². The van der Waals surface area contributed by atoms with Gasteiger partial charge in [0.1, 0.15) is 0 Å². The monoisotopic (exact) mass is 342 g/mol. The first-order valence-corrected chi connectivity index (χ1v) is 8.50. The number of benzene rings is 1. The van der Waals surface area contributed by atoms with Crippen molar-refractivity contribution in [2.75, 3.05) is 6.54 Å².